The molecule has 0 unspecified atom stereocenters. The lowest BCUT2D eigenvalue weighted by Crippen LogP contribution is -2.40. The lowest BCUT2D eigenvalue weighted by molar-refractivity contribution is -0.138. The molecular formula is C22H27F3N2O3. The van der Waals surface area contributed by atoms with Crippen LogP contribution in [0, 0.1) is 0 Å². The van der Waals surface area contributed by atoms with Gasteiger partial charge in [0.1, 0.15) is 6.04 Å². The fourth-order valence-electron chi connectivity index (χ4n) is 3.28. The summed E-state index contributed by atoms with van der Waals surface area (Å²) in [5.74, 6) is 0.729. The molecule has 30 heavy (non-hydrogen) atoms. The zero-order valence-electron chi connectivity index (χ0n) is 17.5. The van der Waals surface area contributed by atoms with Crippen molar-refractivity contribution in [2.45, 2.75) is 32.6 Å². The minimum atomic E-state index is -4.47. The molecule has 2 aromatic rings. The maximum absolute atomic E-state index is 13.2. The van der Waals surface area contributed by atoms with Crippen LogP contribution in [0.5, 0.6) is 11.5 Å². The summed E-state index contributed by atoms with van der Waals surface area (Å²) >= 11 is 0. The van der Waals surface area contributed by atoms with Gasteiger partial charge in [-0.15, -0.1) is 0 Å². The lowest BCUT2D eigenvalue weighted by atomic mass is 10.0. The first-order valence-corrected chi connectivity index (χ1v) is 9.64. The molecule has 0 radical (unpaired) electrons. The number of carbonyl (C=O) groups is 1. The summed E-state index contributed by atoms with van der Waals surface area (Å²) < 4.78 is 50.0. The highest BCUT2D eigenvalue weighted by Crippen LogP contribution is 2.32. The maximum atomic E-state index is 13.2. The molecule has 0 aliphatic rings. The van der Waals surface area contributed by atoms with Gasteiger partial charge in [-0.05, 0) is 48.5 Å². The number of alkyl halides is 3. The Bertz CT molecular complexity index is 852. The van der Waals surface area contributed by atoms with Gasteiger partial charge in [0.15, 0.2) is 11.5 Å². The number of carbonyl (C=O) groups excluding carboxylic acids is 1. The van der Waals surface area contributed by atoms with Crippen LogP contribution < -0.4 is 14.8 Å². The third-order valence-corrected chi connectivity index (χ3v) is 4.87. The van der Waals surface area contributed by atoms with Crippen molar-refractivity contribution in [3.8, 4) is 11.5 Å². The van der Waals surface area contributed by atoms with Crippen molar-refractivity contribution in [2.24, 2.45) is 0 Å². The van der Waals surface area contributed by atoms with Crippen LogP contribution in [0.3, 0.4) is 0 Å². The third-order valence-electron chi connectivity index (χ3n) is 4.87. The molecule has 8 heteroatoms. The van der Waals surface area contributed by atoms with Gasteiger partial charge in [0.25, 0.3) is 0 Å². The molecular weight excluding hydrogens is 397 g/mol. The molecule has 1 amide bonds. The Balaban J connectivity index is 2.27. The molecule has 0 aromatic heterocycles. The monoisotopic (exact) mass is 424 g/mol. The van der Waals surface area contributed by atoms with Crippen molar-refractivity contribution in [2.75, 3.05) is 27.3 Å². The van der Waals surface area contributed by atoms with E-state index in [-0.39, 0.29) is 12.5 Å². The second-order valence-corrected chi connectivity index (χ2v) is 6.65. The van der Waals surface area contributed by atoms with E-state index >= 15 is 0 Å². The van der Waals surface area contributed by atoms with E-state index in [1.165, 1.54) is 20.3 Å². The third kappa shape index (κ3) is 5.66. The topological polar surface area (TPSA) is 50.8 Å². The van der Waals surface area contributed by atoms with Crippen molar-refractivity contribution in [1.29, 1.82) is 0 Å². The summed E-state index contributed by atoms with van der Waals surface area (Å²) in [4.78, 5) is 14.8. The van der Waals surface area contributed by atoms with Gasteiger partial charge in [-0.25, -0.2) is 0 Å². The second kappa shape index (κ2) is 10.3. The number of nitrogens with one attached hydrogen (secondary N) is 1. The van der Waals surface area contributed by atoms with Crippen LogP contribution in [0.2, 0.25) is 0 Å². The first-order chi connectivity index (χ1) is 14.2. The molecule has 2 rings (SSSR count). The Morgan fingerprint density at radius 1 is 1.03 bits per heavy atom. The molecule has 2 aromatic carbocycles. The molecule has 0 spiro atoms. The van der Waals surface area contributed by atoms with E-state index in [2.05, 4.69) is 5.32 Å². The van der Waals surface area contributed by atoms with Crippen LogP contribution in [0.25, 0.3) is 0 Å². The van der Waals surface area contributed by atoms with Crippen molar-refractivity contribution < 1.29 is 27.4 Å². The molecule has 0 aliphatic carbocycles. The smallest absolute Gasteiger partial charge is 0.416 e. The number of ether oxygens (including phenoxy) is 2. The van der Waals surface area contributed by atoms with Gasteiger partial charge in [-0.1, -0.05) is 32.0 Å². The fraction of sp³-hybridized carbons (Fsp3) is 0.409. The Labute approximate surface area is 174 Å². The summed E-state index contributed by atoms with van der Waals surface area (Å²) in [7, 11) is 3.05. The summed E-state index contributed by atoms with van der Waals surface area (Å²) in [6.07, 6.45) is -4.47. The highest BCUT2D eigenvalue weighted by Gasteiger charge is 2.33. The first-order valence-electron chi connectivity index (χ1n) is 9.64. The molecule has 0 fully saturated rings. The Morgan fingerprint density at radius 3 is 2.27 bits per heavy atom. The summed E-state index contributed by atoms with van der Waals surface area (Å²) in [5.41, 5.74) is 0.312. The largest absolute Gasteiger partial charge is 0.493 e. The first kappa shape index (κ1) is 23.5. The maximum Gasteiger partial charge on any atom is 0.416 e. The predicted molar refractivity (Wildman–Crippen MR) is 108 cm³/mol. The van der Waals surface area contributed by atoms with E-state index in [1.807, 2.05) is 18.7 Å². The van der Waals surface area contributed by atoms with E-state index in [0.29, 0.717) is 30.2 Å². The fourth-order valence-corrected chi connectivity index (χ4v) is 3.28. The Hall–Kier alpha value is -2.74. The highest BCUT2D eigenvalue weighted by molar-refractivity contribution is 5.83. The number of methoxy groups -OCH3 is 2. The van der Waals surface area contributed by atoms with Crippen LogP contribution in [0.1, 0.15) is 36.6 Å². The van der Waals surface area contributed by atoms with Crippen molar-refractivity contribution in [1.82, 2.24) is 10.2 Å². The van der Waals surface area contributed by atoms with E-state index < -0.39 is 17.8 Å². The second-order valence-electron chi connectivity index (χ2n) is 6.65. The Morgan fingerprint density at radius 2 is 1.70 bits per heavy atom. The summed E-state index contributed by atoms with van der Waals surface area (Å²) in [6, 6.07) is 9.36. The average molecular weight is 424 g/mol. The van der Waals surface area contributed by atoms with E-state index in [0.717, 1.165) is 17.7 Å². The lowest BCUT2D eigenvalue weighted by Gasteiger charge is -2.29. The van der Waals surface area contributed by atoms with Crippen LogP contribution >= 0.6 is 0 Å². The van der Waals surface area contributed by atoms with E-state index in [9.17, 15) is 18.0 Å². The molecule has 1 atom stereocenters. The number of amides is 1. The Kier molecular flexibility index (Phi) is 8.11. The molecule has 1 N–H and O–H groups in total. The summed E-state index contributed by atoms with van der Waals surface area (Å²) in [5, 5.41) is 2.84. The van der Waals surface area contributed by atoms with Crippen LogP contribution in [0.4, 0.5) is 13.2 Å². The van der Waals surface area contributed by atoms with Gasteiger partial charge in [0.2, 0.25) is 5.91 Å². The minimum Gasteiger partial charge on any atom is -0.493 e. The predicted octanol–water partition coefficient (Wildman–Crippen LogP) is 4.42. The number of hydrogen-bond donors (Lipinski definition) is 1. The molecule has 0 bridgehead atoms. The normalized spacial score (nSPS) is 12.5. The van der Waals surface area contributed by atoms with Gasteiger partial charge >= 0.3 is 6.18 Å². The quantitative estimate of drug-likeness (QED) is 0.648. The summed E-state index contributed by atoms with van der Waals surface area (Å²) in [6.45, 7) is 4.97. The van der Waals surface area contributed by atoms with Gasteiger partial charge < -0.3 is 14.8 Å². The van der Waals surface area contributed by atoms with Crippen LogP contribution in [0.15, 0.2) is 42.5 Å². The number of likely N-dealkylation sites (N-methyl/N-ethyl adjacent to an activating group) is 1. The molecule has 164 valence electrons. The van der Waals surface area contributed by atoms with Gasteiger partial charge in [-0.2, -0.15) is 13.2 Å². The van der Waals surface area contributed by atoms with Crippen LogP contribution in [-0.4, -0.2) is 38.1 Å². The van der Waals surface area contributed by atoms with E-state index in [1.54, 1.807) is 24.3 Å². The molecule has 0 saturated carbocycles. The van der Waals surface area contributed by atoms with Gasteiger partial charge in [0, 0.05) is 6.54 Å². The van der Waals surface area contributed by atoms with Crippen molar-refractivity contribution in [3.63, 3.8) is 0 Å². The molecule has 5 nitrogen and oxygen atoms in total. The number of rotatable bonds is 9. The van der Waals surface area contributed by atoms with Gasteiger partial charge in [-0.3, -0.25) is 9.69 Å². The standard InChI is InChI=1S/C22H27F3N2O3/c1-5-27(6-2)20(16-8-7-9-17(13-16)22(23,24)25)21(28)26-14-15-10-11-18(29-3)19(12-15)30-4/h7-13,20H,5-6,14H2,1-4H3,(H,26,28)/t20-/m0/s1. The molecule has 0 heterocycles. The number of nitrogens with zero attached hydrogens (tertiary/aromatic N) is 1. The highest BCUT2D eigenvalue weighted by atomic mass is 19.4. The zero-order valence-corrected chi connectivity index (χ0v) is 17.5. The SMILES string of the molecule is CCN(CC)[C@H](C(=O)NCc1ccc(OC)c(OC)c1)c1cccc(C(F)(F)F)c1. The van der Waals surface area contributed by atoms with Crippen LogP contribution in [-0.2, 0) is 17.5 Å². The molecule has 0 aliphatic heterocycles. The van der Waals surface area contributed by atoms with E-state index in [4.69, 9.17) is 9.47 Å². The number of halogens is 3. The van der Waals surface area contributed by atoms with Crippen molar-refractivity contribution in [3.05, 3.63) is 59.2 Å². The minimum absolute atomic E-state index is 0.204. The van der Waals surface area contributed by atoms with Crippen molar-refractivity contribution >= 4 is 5.91 Å². The van der Waals surface area contributed by atoms with Gasteiger partial charge in [0.05, 0.1) is 19.8 Å². The number of benzene rings is 2. The zero-order chi connectivity index (χ0) is 22.3. The molecule has 0 saturated heterocycles. The number of hydrogen-bond acceptors (Lipinski definition) is 4. The average Bonchev–Trinajstić information content (AvgIpc) is 2.74.